The molecule has 1 fully saturated rings. The van der Waals surface area contributed by atoms with E-state index in [2.05, 4.69) is 10.3 Å². The lowest BCUT2D eigenvalue weighted by Gasteiger charge is -2.11. The highest BCUT2D eigenvalue weighted by Gasteiger charge is 2.22. The van der Waals surface area contributed by atoms with Crippen LogP contribution < -0.4 is 25.3 Å². The van der Waals surface area contributed by atoms with Gasteiger partial charge in [-0.3, -0.25) is 9.59 Å². The quantitative estimate of drug-likeness (QED) is 0.643. The van der Waals surface area contributed by atoms with Crippen LogP contribution in [-0.2, 0) is 11.3 Å². The summed E-state index contributed by atoms with van der Waals surface area (Å²) in [6.07, 6.45) is 4.14. The molecule has 1 heterocycles. The summed E-state index contributed by atoms with van der Waals surface area (Å²) in [4.78, 5) is 27.5. The number of ether oxygens (including phenoxy) is 3. The molecule has 8 nitrogen and oxygen atoms in total. The largest absolute Gasteiger partial charge is 0.493 e. The van der Waals surface area contributed by atoms with Crippen LogP contribution in [0.5, 0.6) is 17.4 Å². The first-order chi connectivity index (χ1) is 13.5. The Morgan fingerprint density at radius 2 is 2.00 bits per heavy atom. The molecule has 1 aliphatic rings. The molecule has 0 saturated heterocycles. The first kappa shape index (κ1) is 19.5. The van der Waals surface area contributed by atoms with Crippen LogP contribution in [0.2, 0.25) is 0 Å². The van der Waals surface area contributed by atoms with Crippen LogP contribution in [-0.4, -0.2) is 37.1 Å². The van der Waals surface area contributed by atoms with Gasteiger partial charge in [0.1, 0.15) is 0 Å². The number of nitrogens with two attached hydrogens (primary N) is 1. The fraction of sp³-hybridized carbons (Fsp3) is 0.350. The van der Waals surface area contributed by atoms with E-state index in [0.29, 0.717) is 42.0 Å². The molecular weight excluding hydrogens is 362 g/mol. The molecule has 148 valence electrons. The molecule has 28 heavy (non-hydrogen) atoms. The molecule has 0 aliphatic heterocycles. The smallest absolute Gasteiger partial charge is 0.255 e. The topological polar surface area (TPSA) is 113 Å². The highest BCUT2D eigenvalue weighted by Crippen LogP contribution is 2.29. The van der Waals surface area contributed by atoms with E-state index in [-0.39, 0.29) is 12.5 Å². The number of aromatic nitrogens is 1. The molecular formula is C20H23N3O5. The Hall–Kier alpha value is -3.29. The molecule has 1 saturated carbocycles. The Morgan fingerprint density at radius 1 is 1.18 bits per heavy atom. The minimum atomic E-state index is -0.596. The third kappa shape index (κ3) is 5.60. The van der Waals surface area contributed by atoms with Crippen LogP contribution in [0.15, 0.2) is 36.5 Å². The molecule has 8 heteroatoms. The molecule has 0 radical (unpaired) electrons. The third-order valence-electron chi connectivity index (χ3n) is 4.21. The first-order valence-electron chi connectivity index (χ1n) is 9.00. The Kier molecular flexibility index (Phi) is 6.31. The van der Waals surface area contributed by atoms with Crippen LogP contribution in [0.1, 0.15) is 28.8 Å². The van der Waals surface area contributed by atoms with Crippen molar-refractivity contribution >= 4 is 11.8 Å². The van der Waals surface area contributed by atoms with Crippen LogP contribution in [0.25, 0.3) is 0 Å². The summed E-state index contributed by atoms with van der Waals surface area (Å²) in [5.74, 6) is 1.08. The SMILES string of the molecule is COc1cc(C(=O)NCc2ccc(OCC3CC3)nc2)ccc1OCC(N)=O. The number of amides is 2. The van der Waals surface area contributed by atoms with Gasteiger partial charge in [-0.25, -0.2) is 4.98 Å². The lowest BCUT2D eigenvalue weighted by atomic mass is 10.2. The number of pyridine rings is 1. The molecule has 0 unspecified atom stereocenters. The Morgan fingerprint density at radius 3 is 2.64 bits per heavy atom. The zero-order chi connectivity index (χ0) is 19.9. The van der Waals surface area contributed by atoms with Crippen molar-refractivity contribution in [2.24, 2.45) is 11.7 Å². The number of hydrogen-bond acceptors (Lipinski definition) is 6. The van der Waals surface area contributed by atoms with Gasteiger partial charge in [-0.1, -0.05) is 6.07 Å². The van der Waals surface area contributed by atoms with E-state index in [4.69, 9.17) is 19.9 Å². The average molecular weight is 385 g/mol. The fourth-order valence-electron chi connectivity index (χ4n) is 2.45. The zero-order valence-corrected chi connectivity index (χ0v) is 15.6. The number of nitrogens with zero attached hydrogens (tertiary/aromatic N) is 1. The summed E-state index contributed by atoms with van der Waals surface area (Å²) in [6, 6.07) is 8.36. The van der Waals surface area contributed by atoms with Gasteiger partial charge in [0.2, 0.25) is 5.88 Å². The second-order valence-corrected chi connectivity index (χ2v) is 6.56. The van der Waals surface area contributed by atoms with Gasteiger partial charge in [0.05, 0.1) is 13.7 Å². The highest BCUT2D eigenvalue weighted by atomic mass is 16.5. The van der Waals surface area contributed by atoms with Gasteiger partial charge in [-0.05, 0) is 42.5 Å². The van der Waals surface area contributed by atoms with Crippen LogP contribution in [0.4, 0.5) is 0 Å². The van der Waals surface area contributed by atoms with E-state index in [1.54, 1.807) is 30.5 Å². The summed E-state index contributed by atoms with van der Waals surface area (Å²) in [7, 11) is 1.45. The molecule has 2 amide bonds. The predicted octanol–water partition coefficient (Wildman–Crippen LogP) is 1.67. The Labute approximate surface area is 163 Å². The van der Waals surface area contributed by atoms with Crippen molar-refractivity contribution in [3.05, 3.63) is 47.7 Å². The van der Waals surface area contributed by atoms with Crippen molar-refractivity contribution in [2.75, 3.05) is 20.3 Å². The lowest BCUT2D eigenvalue weighted by molar-refractivity contribution is -0.119. The molecule has 1 aliphatic carbocycles. The van der Waals surface area contributed by atoms with Gasteiger partial charge < -0.3 is 25.3 Å². The van der Waals surface area contributed by atoms with E-state index in [1.807, 2.05) is 6.07 Å². The van der Waals surface area contributed by atoms with E-state index < -0.39 is 5.91 Å². The van der Waals surface area contributed by atoms with E-state index >= 15 is 0 Å². The van der Waals surface area contributed by atoms with Crippen LogP contribution >= 0.6 is 0 Å². The second kappa shape index (κ2) is 9.07. The maximum absolute atomic E-state index is 12.4. The van der Waals surface area contributed by atoms with Gasteiger partial charge >= 0.3 is 0 Å². The van der Waals surface area contributed by atoms with Crippen molar-refractivity contribution in [1.29, 1.82) is 0 Å². The van der Waals surface area contributed by atoms with Gasteiger partial charge in [0, 0.05) is 24.4 Å². The van der Waals surface area contributed by atoms with Crippen LogP contribution in [0, 0.1) is 5.92 Å². The predicted molar refractivity (Wildman–Crippen MR) is 101 cm³/mol. The Balaban J connectivity index is 1.54. The lowest BCUT2D eigenvalue weighted by Crippen LogP contribution is -2.23. The fourth-order valence-corrected chi connectivity index (χ4v) is 2.45. The number of rotatable bonds is 10. The highest BCUT2D eigenvalue weighted by molar-refractivity contribution is 5.94. The van der Waals surface area contributed by atoms with Gasteiger partial charge in [0.15, 0.2) is 18.1 Å². The normalized spacial score (nSPS) is 12.9. The monoisotopic (exact) mass is 385 g/mol. The Bertz CT molecular complexity index is 834. The van der Waals surface area contributed by atoms with Crippen molar-refractivity contribution in [3.8, 4) is 17.4 Å². The standard InChI is InChI=1S/C20H23N3O5/c1-26-17-8-15(5-6-16(17)27-12-18(21)24)20(25)23-10-14-4-7-19(22-9-14)28-11-13-2-3-13/h4-9,13H,2-3,10-12H2,1H3,(H2,21,24)(H,23,25). The average Bonchev–Trinajstić information content (AvgIpc) is 3.54. The van der Waals surface area contributed by atoms with Gasteiger partial charge in [0.25, 0.3) is 11.8 Å². The summed E-state index contributed by atoms with van der Waals surface area (Å²) in [5.41, 5.74) is 6.33. The van der Waals surface area contributed by atoms with Crippen molar-refractivity contribution in [2.45, 2.75) is 19.4 Å². The molecule has 1 aromatic carbocycles. The number of primary amides is 1. The number of methoxy groups -OCH3 is 1. The van der Waals surface area contributed by atoms with Crippen molar-refractivity contribution < 1.29 is 23.8 Å². The number of benzene rings is 1. The number of carbonyl (C=O) groups excluding carboxylic acids is 2. The minimum absolute atomic E-state index is 0.269. The van der Waals surface area contributed by atoms with Gasteiger partial charge in [-0.15, -0.1) is 0 Å². The van der Waals surface area contributed by atoms with Crippen molar-refractivity contribution in [3.63, 3.8) is 0 Å². The molecule has 2 aromatic rings. The number of nitrogens with one attached hydrogen (secondary N) is 1. The van der Waals surface area contributed by atoms with E-state index in [1.165, 1.54) is 20.0 Å². The van der Waals surface area contributed by atoms with E-state index in [9.17, 15) is 9.59 Å². The number of hydrogen-bond donors (Lipinski definition) is 2. The maximum atomic E-state index is 12.4. The van der Waals surface area contributed by atoms with Gasteiger partial charge in [-0.2, -0.15) is 0 Å². The molecule has 3 rings (SSSR count). The summed E-state index contributed by atoms with van der Waals surface area (Å²) in [6.45, 7) is 0.774. The van der Waals surface area contributed by atoms with Crippen LogP contribution in [0.3, 0.4) is 0 Å². The third-order valence-corrected chi connectivity index (χ3v) is 4.21. The molecule has 0 atom stereocenters. The van der Waals surface area contributed by atoms with E-state index in [0.717, 1.165) is 5.56 Å². The number of carbonyl (C=O) groups is 2. The summed E-state index contributed by atoms with van der Waals surface area (Å²) >= 11 is 0. The molecule has 1 aromatic heterocycles. The summed E-state index contributed by atoms with van der Waals surface area (Å²) < 4.78 is 16.1. The molecule has 0 spiro atoms. The second-order valence-electron chi connectivity index (χ2n) is 6.56. The first-order valence-corrected chi connectivity index (χ1v) is 9.00. The van der Waals surface area contributed by atoms with Crippen molar-refractivity contribution in [1.82, 2.24) is 10.3 Å². The maximum Gasteiger partial charge on any atom is 0.255 e. The molecule has 3 N–H and O–H groups in total. The minimum Gasteiger partial charge on any atom is -0.493 e. The summed E-state index contributed by atoms with van der Waals surface area (Å²) in [5, 5.41) is 2.83. The zero-order valence-electron chi connectivity index (χ0n) is 15.6. The molecule has 0 bridgehead atoms.